The SMILES string of the molecule is O=C(N[C@@H]1CN(Cc2ccsc2)[C@@H]2CCCO[C@@H]21)c1ccno1.O=C(O)C(F)(F)F. The molecule has 2 aliphatic heterocycles. The van der Waals surface area contributed by atoms with Gasteiger partial charge in [0, 0.05) is 31.8 Å². The largest absolute Gasteiger partial charge is 0.490 e. The molecule has 4 heterocycles. The predicted octanol–water partition coefficient (Wildman–Crippen LogP) is 2.53. The number of carboxylic acid groups (broad SMARTS) is 1. The molecule has 2 aromatic heterocycles. The smallest absolute Gasteiger partial charge is 0.475 e. The Morgan fingerprint density at radius 3 is 2.73 bits per heavy atom. The summed E-state index contributed by atoms with van der Waals surface area (Å²) in [6, 6.07) is 4.08. The van der Waals surface area contributed by atoms with Crippen LogP contribution in [0.5, 0.6) is 0 Å². The maximum Gasteiger partial charge on any atom is 0.490 e. The van der Waals surface area contributed by atoms with E-state index in [0.717, 1.165) is 32.5 Å². The number of carbonyl (C=O) groups excluding carboxylic acids is 1. The summed E-state index contributed by atoms with van der Waals surface area (Å²) in [5.41, 5.74) is 1.32. The minimum Gasteiger partial charge on any atom is -0.475 e. The van der Waals surface area contributed by atoms with Crippen molar-refractivity contribution in [2.24, 2.45) is 0 Å². The number of thiophene rings is 1. The molecule has 2 fully saturated rings. The summed E-state index contributed by atoms with van der Waals surface area (Å²) in [6.45, 7) is 2.47. The van der Waals surface area contributed by atoms with E-state index in [1.165, 1.54) is 11.8 Å². The van der Waals surface area contributed by atoms with E-state index in [1.807, 2.05) is 0 Å². The Morgan fingerprint density at radius 2 is 2.13 bits per heavy atom. The molecule has 3 atom stereocenters. The monoisotopic (exact) mass is 447 g/mol. The van der Waals surface area contributed by atoms with Crippen molar-refractivity contribution in [1.29, 1.82) is 0 Å². The van der Waals surface area contributed by atoms with E-state index in [0.29, 0.717) is 6.04 Å². The standard InChI is InChI=1S/C16H19N3O3S.C2HF3O2/c20-16(14-3-5-17-22-14)18-12-9-19(8-11-4-7-23-10-11)13-2-1-6-21-15(12)13;3-2(4,5)1(6)7/h3-5,7,10,12-13,15H,1-2,6,8-9H2,(H,18,20);(H,6,7)/t12-,13-,15-;/m1./s1. The van der Waals surface area contributed by atoms with Crippen molar-refractivity contribution in [3.05, 3.63) is 40.4 Å². The number of amides is 1. The quantitative estimate of drug-likeness (QED) is 0.742. The van der Waals surface area contributed by atoms with Gasteiger partial charge >= 0.3 is 12.1 Å². The summed E-state index contributed by atoms with van der Waals surface area (Å²) in [7, 11) is 0. The van der Waals surface area contributed by atoms with Crippen LogP contribution in [0.15, 0.2) is 33.6 Å². The van der Waals surface area contributed by atoms with Crippen LogP contribution in [0.25, 0.3) is 0 Å². The molecule has 164 valence electrons. The highest BCUT2D eigenvalue weighted by atomic mass is 32.1. The second-order valence-corrected chi connectivity index (χ2v) is 7.65. The summed E-state index contributed by atoms with van der Waals surface area (Å²) >= 11 is 1.72. The van der Waals surface area contributed by atoms with Crippen LogP contribution in [0.1, 0.15) is 29.0 Å². The zero-order valence-corrected chi connectivity index (χ0v) is 16.5. The fourth-order valence-electron chi connectivity index (χ4n) is 3.55. The van der Waals surface area contributed by atoms with Crippen molar-refractivity contribution < 1.29 is 37.1 Å². The number of fused-ring (bicyclic) bond motifs is 1. The van der Waals surface area contributed by atoms with Crippen LogP contribution < -0.4 is 5.32 Å². The Hall–Kier alpha value is -2.44. The molecule has 8 nitrogen and oxygen atoms in total. The predicted molar refractivity (Wildman–Crippen MR) is 98.9 cm³/mol. The van der Waals surface area contributed by atoms with E-state index in [2.05, 4.69) is 32.2 Å². The van der Waals surface area contributed by atoms with Crippen LogP contribution in [-0.4, -0.2) is 64.6 Å². The fourth-order valence-corrected chi connectivity index (χ4v) is 4.21. The molecule has 0 aliphatic carbocycles. The average Bonchev–Trinajstić information content (AvgIpc) is 3.44. The molecule has 4 rings (SSSR count). The maximum atomic E-state index is 12.2. The number of halogens is 3. The van der Waals surface area contributed by atoms with Gasteiger partial charge in [-0.3, -0.25) is 9.69 Å². The Kier molecular flexibility index (Phi) is 7.10. The third kappa shape index (κ3) is 5.58. The van der Waals surface area contributed by atoms with Crippen LogP contribution >= 0.6 is 11.3 Å². The second-order valence-electron chi connectivity index (χ2n) is 6.87. The topological polar surface area (TPSA) is 105 Å². The van der Waals surface area contributed by atoms with Gasteiger partial charge < -0.3 is 19.7 Å². The van der Waals surface area contributed by atoms with Gasteiger partial charge in [0.2, 0.25) is 5.76 Å². The number of carbonyl (C=O) groups is 2. The first-order valence-corrected chi connectivity index (χ1v) is 10.1. The molecule has 30 heavy (non-hydrogen) atoms. The number of ether oxygens (including phenoxy) is 1. The zero-order chi connectivity index (χ0) is 21.7. The number of aromatic nitrogens is 1. The first kappa shape index (κ1) is 22.2. The Morgan fingerprint density at radius 1 is 1.37 bits per heavy atom. The van der Waals surface area contributed by atoms with Gasteiger partial charge in [0.25, 0.3) is 5.91 Å². The lowest BCUT2D eigenvalue weighted by atomic mass is 10.0. The molecular weight excluding hydrogens is 427 g/mol. The minimum absolute atomic E-state index is 0.0171. The molecular formula is C18H20F3N3O5S. The van der Waals surface area contributed by atoms with Crippen molar-refractivity contribution in [2.75, 3.05) is 13.2 Å². The average molecular weight is 447 g/mol. The summed E-state index contributed by atoms with van der Waals surface area (Å²) in [6.07, 6.45) is -1.37. The molecule has 0 radical (unpaired) electrons. The van der Waals surface area contributed by atoms with Crippen molar-refractivity contribution in [1.82, 2.24) is 15.4 Å². The Labute approximate surface area is 173 Å². The highest BCUT2D eigenvalue weighted by molar-refractivity contribution is 7.07. The summed E-state index contributed by atoms with van der Waals surface area (Å²) in [5, 5.41) is 18.0. The van der Waals surface area contributed by atoms with E-state index < -0.39 is 12.1 Å². The lowest BCUT2D eigenvalue weighted by Crippen LogP contribution is -2.47. The number of hydrogen-bond acceptors (Lipinski definition) is 7. The van der Waals surface area contributed by atoms with E-state index in [1.54, 1.807) is 17.4 Å². The molecule has 0 spiro atoms. The molecule has 12 heteroatoms. The van der Waals surface area contributed by atoms with E-state index >= 15 is 0 Å². The van der Waals surface area contributed by atoms with Gasteiger partial charge in [0.15, 0.2) is 0 Å². The van der Waals surface area contributed by atoms with E-state index in [4.69, 9.17) is 19.2 Å². The molecule has 0 saturated carbocycles. The molecule has 0 aromatic carbocycles. The van der Waals surface area contributed by atoms with Gasteiger partial charge in [-0.2, -0.15) is 24.5 Å². The molecule has 2 aromatic rings. The van der Waals surface area contributed by atoms with Crippen LogP contribution in [-0.2, 0) is 16.1 Å². The number of likely N-dealkylation sites (tertiary alicyclic amines) is 1. The first-order chi connectivity index (χ1) is 14.3. The van der Waals surface area contributed by atoms with Crippen molar-refractivity contribution in [3.8, 4) is 0 Å². The first-order valence-electron chi connectivity index (χ1n) is 9.14. The number of hydrogen-bond donors (Lipinski definition) is 2. The third-order valence-corrected chi connectivity index (χ3v) is 5.55. The van der Waals surface area contributed by atoms with Crippen molar-refractivity contribution in [2.45, 2.75) is 43.8 Å². The number of carboxylic acids is 1. The molecule has 2 saturated heterocycles. The van der Waals surface area contributed by atoms with Crippen LogP contribution in [0.3, 0.4) is 0 Å². The summed E-state index contributed by atoms with van der Waals surface area (Å²) in [4.78, 5) is 23.6. The number of nitrogens with one attached hydrogen (secondary N) is 1. The van der Waals surface area contributed by atoms with Crippen LogP contribution in [0, 0.1) is 0 Å². The lowest BCUT2D eigenvalue weighted by molar-refractivity contribution is -0.192. The van der Waals surface area contributed by atoms with Gasteiger partial charge in [0.05, 0.1) is 18.3 Å². The third-order valence-electron chi connectivity index (χ3n) is 4.82. The molecule has 0 bridgehead atoms. The van der Waals surface area contributed by atoms with Gasteiger partial charge in [-0.15, -0.1) is 0 Å². The highest BCUT2D eigenvalue weighted by Gasteiger charge is 2.44. The van der Waals surface area contributed by atoms with Gasteiger partial charge in [-0.1, -0.05) is 5.16 Å². The van der Waals surface area contributed by atoms with Crippen LogP contribution in [0.2, 0.25) is 0 Å². The van der Waals surface area contributed by atoms with E-state index in [-0.39, 0.29) is 23.8 Å². The highest BCUT2D eigenvalue weighted by Crippen LogP contribution is 2.30. The van der Waals surface area contributed by atoms with Gasteiger partial charge in [0.1, 0.15) is 0 Å². The van der Waals surface area contributed by atoms with Gasteiger partial charge in [-0.25, -0.2) is 4.79 Å². The molecule has 2 N–H and O–H groups in total. The fraction of sp³-hybridized carbons (Fsp3) is 0.500. The number of aliphatic carboxylic acids is 1. The van der Waals surface area contributed by atoms with Crippen molar-refractivity contribution >= 4 is 23.2 Å². The molecule has 0 unspecified atom stereocenters. The molecule has 1 amide bonds. The zero-order valence-electron chi connectivity index (χ0n) is 15.7. The van der Waals surface area contributed by atoms with E-state index in [9.17, 15) is 18.0 Å². The number of alkyl halides is 3. The van der Waals surface area contributed by atoms with Gasteiger partial charge in [-0.05, 0) is 35.2 Å². The number of nitrogens with zero attached hydrogens (tertiary/aromatic N) is 2. The minimum atomic E-state index is -5.08. The summed E-state index contributed by atoms with van der Waals surface area (Å²) < 4.78 is 42.7. The van der Waals surface area contributed by atoms with Crippen molar-refractivity contribution in [3.63, 3.8) is 0 Å². The number of rotatable bonds is 4. The Bertz CT molecular complexity index is 829. The maximum absolute atomic E-state index is 12.2. The van der Waals surface area contributed by atoms with Crippen LogP contribution in [0.4, 0.5) is 13.2 Å². The summed E-state index contributed by atoms with van der Waals surface area (Å²) in [5.74, 6) is -2.74. The normalized spacial score (nSPS) is 23.9. The second kappa shape index (κ2) is 9.58. The lowest BCUT2D eigenvalue weighted by Gasteiger charge is -2.32. The molecule has 2 aliphatic rings. The Balaban J connectivity index is 0.000000318.